The number of para-hydroxylation sites is 1. The van der Waals surface area contributed by atoms with E-state index in [2.05, 4.69) is 0 Å². The summed E-state index contributed by atoms with van der Waals surface area (Å²) in [5, 5.41) is 5.62. The maximum Gasteiger partial charge on any atom is 0.253 e. The lowest BCUT2D eigenvalue weighted by molar-refractivity contribution is -0.133. The van der Waals surface area contributed by atoms with Gasteiger partial charge in [-0.25, -0.2) is 4.68 Å². The van der Waals surface area contributed by atoms with Crippen molar-refractivity contribution < 1.29 is 4.79 Å². The van der Waals surface area contributed by atoms with E-state index in [1.807, 2.05) is 56.0 Å². The van der Waals surface area contributed by atoms with Crippen molar-refractivity contribution in [2.75, 3.05) is 13.1 Å². The molecule has 0 spiro atoms. The van der Waals surface area contributed by atoms with Crippen LogP contribution in [0.3, 0.4) is 0 Å². The summed E-state index contributed by atoms with van der Waals surface area (Å²) in [5.74, 6) is -0.00165. The Balaban J connectivity index is 1.97. The molecule has 1 fully saturated rings. The summed E-state index contributed by atoms with van der Waals surface area (Å²) < 4.78 is 3.39. The fourth-order valence-corrected chi connectivity index (χ4v) is 4.07. The first-order valence-corrected chi connectivity index (χ1v) is 9.44. The van der Waals surface area contributed by atoms with Crippen LogP contribution in [0.25, 0.3) is 16.7 Å². The highest BCUT2D eigenvalue weighted by Gasteiger charge is 2.28. The molecule has 4 rings (SSSR count). The van der Waals surface area contributed by atoms with E-state index in [0.717, 1.165) is 48.3 Å². The lowest BCUT2D eigenvalue weighted by atomic mass is 10.1. The molecule has 1 aliphatic rings. The molecule has 0 N–H and O–H groups in total. The van der Waals surface area contributed by atoms with Gasteiger partial charge in [0.05, 0.1) is 11.4 Å². The maximum atomic E-state index is 13.0. The maximum absolute atomic E-state index is 13.0. The number of pyridine rings is 1. The van der Waals surface area contributed by atoms with Gasteiger partial charge in [0.15, 0.2) is 0 Å². The molecule has 6 nitrogen and oxygen atoms in total. The third-order valence-corrected chi connectivity index (χ3v) is 5.40. The van der Waals surface area contributed by atoms with E-state index in [0.29, 0.717) is 5.65 Å². The van der Waals surface area contributed by atoms with Crippen LogP contribution in [0, 0.1) is 13.8 Å². The quantitative estimate of drug-likeness (QED) is 0.718. The molecular weight excluding hydrogens is 340 g/mol. The normalized spacial score (nSPS) is 15.4. The molecule has 27 heavy (non-hydrogen) atoms. The average molecular weight is 364 g/mol. The van der Waals surface area contributed by atoms with Crippen LogP contribution >= 0.6 is 0 Å². The fraction of sp³-hybridized carbons (Fsp3) is 0.381. The third kappa shape index (κ3) is 2.85. The molecule has 0 bridgehead atoms. The Hall–Kier alpha value is -2.89. The standard InChI is InChI=1S/C21H24N4O2/c1-14-13-18(26)24(16(3)21(27)23-11-7-8-12-23)20-19(14)15(2)22-25(20)17-9-5-4-6-10-17/h4-6,9-10,13,16H,7-8,11-12H2,1-3H3/t16-/m0/s1. The molecule has 1 saturated heterocycles. The number of fused-ring (bicyclic) bond motifs is 1. The number of carbonyl (C=O) groups is 1. The molecule has 1 amide bonds. The Morgan fingerprint density at radius 2 is 1.78 bits per heavy atom. The van der Waals surface area contributed by atoms with Gasteiger partial charge in [-0.05, 0) is 51.3 Å². The summed E-state index contributed by atoms with van der Waals surface area (Å²) in [4.78, 5) is 27.8. The highest BCUT2D eigenvalue weighted by molar-refractivity contribution is 5.87. The molecule has 3 heterocycles. The predicted octanol–water partition coefficient (Wildman–Crippen LogP) is 2.99. The Morgan fingerprint density at radius 3 is 2.44 bits per heavy atom. The van der Waals surface area contributed by atoms with Crippen LogP contribution in [-0.2, 0) is 4.79 Å². The van der Waals surface area contributed by atoms with E-state index < -0.39 is 6.04 Å². The number of likely N-dealkylation sites (tertiary alicyclic amines) is 1. The molecule has 1 aromatic carbocycles. The number of aromatic nitrogens is 3. The highest BCUT2D eigenvalue weighted by atomic mass is 16.2. The second kappa shape index (κ2) is 6.68. The van der Waals surface area contributed by atoms with Crippen molar-refractivity contribution in [3.05, 3.63) is 58.0 Å². The number of rotatable bonds is 3. The van der Waals surface area contributed by atoms with Crippen LogP contribution < -0.4 is 5.56 Å². The van der Waals surface area contributed by atoms with Gasteiger partial charge in [-0.15, -0.1) is 0 Å². The minimum atomic E-state index is -0.572. The number of hydrogen-bond acceptors (Lipinski definition) is 3. The smallest absolute Gasteiger partial charge is 0.253 e. The number of nitrogens with zero attached hydrogens (tertiary/aromatic N) is 4. The second-order valence-corrected chi connectivity index (χ2v) is 7.28. The monoisotopic (exact) mass is 364 g/mol. The molecule has 0 aliphatic carbocycles. The van der Waals surface area contributed by atoms with Crippen LogP contribution in [0.1, 0.15) is 37.1 Å². The average Bonchev–Trinajstić information content (AvgIpc) is 3.30. The predicted molar refractivity (Wildman–Crippen MR) is 105 cm³/mol. The van der Waals surface area contributed by atoms with E-state index in [9.17, 15) is 9.59 Å². The first-order chi connectivity index (χ1) is 13.0. The van der Waals surface area contributed by atoms with Crippen molar-refractivity contribution in [1.82, 2.24) is 19.2 Å². The Bertz CT molecular complexity index is 1060. The van der Waals surface area contributed by atoms with Crippen LogP contribution in [0.15, 0.2) is 41.2 Å². The van der Waals surface area contributed by atoms with Crippen LogP contribution in [0.2, 0.25) is 0 Å². The number of aryl methyl sites for hydroxylation is 2. The summed E-state index contributed by atoms with van der Waals surface area (Å²) in [6, 6.07) is 10.8. The van der Waals surface area contributed by atoms with Crippen LogP contribution in [0.4, 0.5) is 0 Å². The van der Waals surface area contributed by atoms with Crippen LogP contribution in [0.5, 0.6) is 0 Å². The minimum Gasteiger partial charge on any atom is -0.341 e. The van der Waals surface area contributed by atoms with E-state index in [4.69, 9.17) is 5.10 Å². The van der Waals surface area contributed by atoms with Crippen LogP contribution in [-0.4, -0.2) is 38.2 Å². The van der Waals surface area contributed by atoms with Crippen molar-refractivity contribution in [2.45, 2.75) is 39.7 Å². The minimum absolute atomic E-state index is 0.00165. The van der Waals surface area contributed by atoms with Gasteiger partial charge >= 0.3 is 0 Å². The largest absolute Gasteiger partial charge is 0.341 e. The van der Waals surface area contributed by atoms with Crippen molar-refractivity contribution in [3.63, 3.8) is 0 Å². The Morgan fingerprint density at radius 1 is 1.11 bits per heavy atom. The summed E-state index contributed by atoms with van der Waals surface area (Å²) in [6.45, 7) is 7.21. The molecule has 0 saturated carbocycles. The second-order valence-electron chi connectivity index (χ2n) is 7.28. The topological polar surface area (TPSA) is 60.1 Å². The molecule has 2 aromatic heterocycles. The van der Waals surface area contributed by atoms with Crippen molar-refractivity contribution in [1.29, 1.82) is 0 Å². The van der Waals surface area contributed by atoms with E-state index in [1.54, 1.807) is 15.3 Å². The number of carbonyl (C=O) groups excluding carboxylic acids is 1. The first kappa shape index (κ1) is 17.5. The zero-order valence-electron chi connectivity index (χ0n) is 16.0. The molecule has 1 aliphatic heterocycles. The lowest BCUT2D eigenvalue weighted by Gasteiger charge is -2.23. The summed E-state index contributed by atoms with van der Waals surface area (Å²) >= 11 is 0. The van der Waals surface area contributed by atoms with E-state index in [-0.39, 0.29) is 11.5 Å². The lowest BCUT2D eigenvalue weighted by Crippen LogP contribution is -2.38. The molecule has 140 valence electrons. The summed E-state index contributed by atoms with van der Waals surface area (Å²) in [5.41, 5.74) is 3.11. The van der Waals surface area contributed by atoms with Gasteiger partial charge in [-0.1, -0.05) is 18.2 Å². The molecule has 3 aromatic rings. The third-order valence-electron chi connectivity index (χ3n) is 5.40. The highest BCUT2D eigenvalue weighted by Crippen LogP contribution is 2.26. The van der Waals surface area contributed by atoms with E-state index in [1.165, 1.54) is 0 Å². The molecule has 0 radical (unpaired) electrons. The molecule has 6 heteroatoms. The zero-order valence-corrected chi connectivity index (χ0v) is 16.0. The molecule has 1 atom stereocenters. The first-order valence-electron chi connectivity index (χ1n) is 9.44. The summed E-state index contributed by atoms with van der Waals surface area (Å²) in [6.07, 6.45) is 2.05. The summed E-state index contributed by atoms with van der Waals surface area (Å²) in [7, 11) is 0. The van der Waals surface area contributed by atoms with Gasteiger partial charge in [0.25, 0.3) is 5.56 Å². The van der Waals surface area contributed by atoms with Gasteiger partial charge in [0.2, 0.25) is 5.91 Å². The number of benzene rings is 1. The SMILES string of the molecule is Cc1cc(=O)n([C@@H](C)C(=O)N2CCCC2)c2c1c(C)nn2-c1ccccc1. The molecular formula is C21H24N4O2. The Labute approximate surface area is 158 Å². The number of hydrogen-bond donors (Lipinski definition) is 0. The molecule has 0 unspecified atom stereocenters. The van der Waals surface area contributed by atoms with Gasteiger partial charge in [-0.3, -0.25) is 14.2 Å². The zero-order chi connectivity index (χ0) is 19.1. The van der Waals surface area contributed by atoms with Gasteiger partial charge in [-0.2, -0.15) is 5.10 Å². The van der Waals surface area contributed by atoms with Crippen molar-refractivity contribution in [2.24, 2.45) is 0 Å². The van der Waals surface area contributed by atoms with Crippen molar-refractivity contribution >= 4 is 16.9 Å². The van der Waals surface area contributed by atoms with Crippen molar-refractivity contribution in [3.8, 4) is 5.69 Å². The number of amides is 1. The van der Waals surface area contributed by atoms with Gasteiger partial charge in [0, 0.05) is 24.5 Å². The van der Waals surface area contributed by atoms with E-state index >= 15 is 0 Å². The van der Waals surface area contributed by atoms with Gasteiger partial charge < -0.3 is 4.90 Å². The van der Waals surface area contributed by atoms with Gasteiger partial charge in [0.1, 0.15) is 11.7 Å². The Kier molecular flexibility index (Phi) is 4.34. The fourth-order valence-electron chi connectivity index (χ4n) is 4.07.